The Balaban J connectivity index is 1.69. The summed E-state index contributed by atoms with van der Waals surface area (Å²) in [6.45, 7) is 4.33. The molecule has 0 aromatic carbocycles. The summed E-state index contributed by atoms with van der Waals surface area (Å²) in [5.74, 6) is 1.90. The molecule has 2 saturated carbocycles. The minimum atomic E-state index is 0.227. The molecule has 1 unspecified atom stereocenters. The Bertz CT molecular complexity index is 241. The molecular formula is C14H25NO. The van der Waals surface area contributed by atoms with Gasteiger partial charge in [0.15, 0.2) is 0 Å². The molecule has 2 aliphatic carbocycles. The first-order valence-corrected chi connectivity index (χ1v) is 7.21. The van der Waals surface area contributed by atoms with E-state index in [-0.39, 0.29) is 5.60 Å². The summed E-state index contributed by atoms with van der Waals surface area (Å²) in [6.07, 6.45) is 9.61. The zero-order valence-electron chi connectivity index (χ0n) is 10.5. The van der Waals surface area contributed by atoms with Crippen LogP contribution in [0.4, 0.5) is 0 Å². The fourth-order valence-corrected chi connectivity index (χ4v) is 3.80. The standard InChI is InChI=1S/C14H25NO/c1-2-11-5-7-14(8-6-11)13(12-3-4-12)15-9-10-16-14/h11-13,15H,2-10H2,1H3. The third-order valence-corrected chi connectivity index (χ3v) is 5.04. The van der Waals surface area contributed by atoms with Gasteiger partial charge in [-0.2, -0.15) is 0 Å². The Morgan fingerprint density at radius 3 is 2.56 bits per heavy atom. The summed E-state index contributed by atoms with van der Waals surface area (Å²) >= 11 is 0. The van der Waals surface area contributed by atoms with Crippen LogP contribution in [0.15, 0.2) is 0 Å². The topological polar surface area (TPSA) is 21.3 Å². The van der Waals surface area contributed by atoms with Crippen LogP contribution in [0.3, 0.4) is 0 Å². The zero-order valence-corrected chi connectivity index (χ0v) is 10.5. The second-order valence-electron chi connectivity index (χ2n) is 6.03. The largest absolute Gasteiger partial charge is 0.372 e. The minimum Gasteiger partial charge on any atom is -0.372 e. The number of hydrogen-bond donors (Lipinski definition) is 1. The molecule has 0 bridgehead atoms. The lowest BCUT2D eigenvalue weighted by atomic mass is 9.72. The third kappa shape index (κ3) is 1.91. The van der Waals surface area contributed by atoms with E-state index in [1.165, 1.54) is 44.9 Å². The summed E-state index contributed by atoms with van der Waals surface area (Å²) in [6, 6.07) is 0.680. The van der Waals surface area contributed by atoms with Crippen LogP contribution in [0, 0.1) is 11.8 Å². The summed E-state index contributed by atoms with van der Waals surface area (Å²) < 4.78 is 6.25. The van der Waals surface area contributed by atoms with Gasteiger partial charge in [-0.25, -0.2) is 0 Å². The van der Waals surface area contributed by atoms with Crippen LogP contribution in [0.1, 0.15) is 51.9 Å². The van der Waals surface area contributed by atoms with Crippen molar-refractivity contribution < 1.29 is 4.74 Å². The maximum Gasteiger partial charge on any atom is 0.0838 e. The fourth-order valence-electron chi connectivity index (χ4n) is 3.80. The number of ether oxygens (including phenoxy) is 1. The molecule has 1 heterocycles. The van der Waals surface area contributed by atoms with E-state index >= 15 is 0 Å². The van der Waals surface area contributed by atoms with E-state index in [1.807, 2.05) is 0 Å². The van der Waals surface area contributed by atoms with Gasteiger partial charge < -0.3 is 10.1 Å². The fraction of sp³-hybridized carbons (Fsp3) is 1.00. The van der Waals surface area contributed by atoms with Gasteiger partial charge in [0.25, 0.3) is 0 Å². The molecule has 1 atom stereocenters. The highest BCUT2D eigenvalue weighted by molar-refractivity contribution is 5.05. The van der Waals surface area contributed by atoms with Crippen molar-refractivity contribution in [3.8, 4) is 0 Å². The molecule has 1 N–H and O–H groups in total. The molecule has 2 nitrogen and oxygen atoms in total. The van der Waals surface area contributed by atoms with Crippen molar-refractivity contribution in [2.75, 3.05) is 13.2 Å². The molecule has 0 amide bonds. The van der Waals surface area contributed by atoms with E-state index < -0.39 is 0 Å². The first kappa shape index (κ1) is 11.0. The van der Waals surface area contributed by atoms with Gasteiger partial charge in [0.2, 0.25) is 0 Å². The van der Waals surface area contributed by atoms with Crippen molar-refractivity contribution in [3.05, 3.63) is 0 Å². The van der Waals surface area contributed by atoms with Crippen LogP contribution >= 0.6 is 0 Å². The van der Waals surface area contributed by atoms with Crippen LogP contribution in [0.2, 0.25) is 0 Å². The van der Waals surface area contributed by atoms with Crippen LogP contribution < -0.4 is 5.32 Å². The van der Waals surface area contributed by atoms with E-state index in [1.54, 1.807) is 0 Å². The molecule has 1 spiro atoms. The molecule has 3 rings (SSSR count). The molecule has 0 aromatic rings. The van der Waals surface area contributed by atoms with Crippen molar-refractivity contribution in [1.29, 1.82) is 0 Å². The van der Waals surface area contributed by atoms with Gasteiger partial charge in [-0.05, 0) is 50.4 Å². The van der Waals surface area contributed by atoms with Gasteiger partial charge in [0.1, 0.15) is 0 Å². The molecule has 0 aromatic heterocycles. The SMILES string of the molecule is CCC1CCC2(CC1)OCCNC2C1CC1. The highest BCUT2D eigenvalue weighted by atomic mass is 16.5. The molecule has 16 heavy (non-hydrogen) atoms. The van der Waals surface area contributed by atoms with E-state index in [2.05, 4.69) is 12.2 Å². The molecule has 3 fully saturated rings. The maximum absolute atomic E-state index is 6.25. The van der Waals surface area contributed by atoms with Crippen LogP contribution in [-0.4, -0.2) is 24.8 Å². The summed E-state index contributed by atoms with van der Waals surface area (Å²) in [5.41, 5.74) is 0.227. The number of morpholine rings is 1. The van der Waals surface area contributed by atoms with Crippen LogP contribution in [0.5, 0.6) is 0 Å². The molecule has 92 valence electrons. The first-order valence-electron chi connectivity index (χ1n) is 7.21. The Morgan fingerprint density at radius 2 is 1.94 bits per heavy atom. The van der Waals surface area contributed by atoms with Gasteiger partial charge in [-0.3, -0.25) is 0 Å². The maximum atomic E-state index is 6.25. The van der Waals surface area contributed by atoms with Gasteiger partial charge in [0.05, 0.1) is 12.2 Å². The molecule has 1 saturated heterocycles. The smallest absolute Gasteiger partial charge is 0.0838 e. The lowest BCUT2D eigenvalue weighted by molar-refractivity contribution is -0.128. The monoisotopic (exact) mass is 223 g/mol. The Labute approximate surface area is 99.1 Å². The quantitative estimate of drug-likeness (QED) is 0.777. The van der Waals surface area contributed by atoms with Gasteiger partial charge in [-0.15, -0.1) is 0 Å². The minimum absolute atomic E-state index is 0.227. The second-order valence-corrected chi connectivity index (χ2v) is 6.03. The highest BCUT2D eigenvalue weighted by Gasteiger charge is 2.50. The summed E-state index contributed by atoms with van der Waals surface area (Å²) in [4.78, 5) is 0. The molecule has 1 aliphatic heterocycles. The van der Waals surface area contributed by atoms with E-state index in [9.17, 15) is 0 Å². The molecule has 0 radical (unpaired) electrons. The van der Waals surface area contributed by atoms with Crippen molar-refractivity contribution in [3.63, 3.8) is 0 Å². The number of nitrogens with one attached hydrogen (secondary N) is 1. The number of hydrogen-bond acceptors (Lipinski definition) is 2. The average Bonchev–Trinajstić information content (AvgIpc) is 3.15. The summed E-state index contributed by atoms with van der Waals surface area (Å²) in [5, 5.41) is 3.75. The third-order valence-electron chi connectivity index (χ3n) is 5.04. The molecular weight excluding hydrogens is 198 g/mol. The van der Waals surface area contributed by atoms with E-state index in [0.717, 1.165) is 25.0 Å². The second kappa shape index (κ2) is 4.30. The van der Waals surface area contributed by atoms with Crippen LogP contribution in [-0.2, 0) is 4.74 Å². The Kier molecular flexibility index (Phi) is 2.97. The van der Waals surface area contributed by atoms with E-state index in [0.29, 0.717) is 6.04 Å². The highest BCUT2D eigenvalue weighted by Crippen LogP contribution is 2.47. The van der Waals surface area contributed by atoms with E-state index in [4.69, 9.17) is 4.74 Å². The predicted molar refractivity (Wildman–Crippen MR) is 65.4 cm³/mol. The Morgan fingerprint density at radius 1 is 1.19 bits per heavy atom. The van der Waals surface area contributed by atoms with Crippen molar-refractivity contribution >= 4 is 0 Å². The van der Waals surface area contributed by atoms with Crippen LogP contribution in [0.25, 0.3) is 0 Å². The first-order chi connectivity index (χ1) is 7.84. The van der Waals surface area contributed by atoms with Crippen molar-refractivity contribution in [2.24, 2.45) is 11.8 Å². The zero-order chi connectivity index (χ0) is 11.0. The van der Waals surface area contributed by atoms with Gasteiger partial charge in [0, 0.05) is 12.6 Å². The normalized spacial score (nSPS) is 44.8. The van der Waals surface area contributed by atoms with Gasteiger partial charge in [-0.1, -0.05) is 13.3 Å². The lowest BCUT2D eigenvalue weighted by Crippen LogP contribution is -2.60. The van der Waals surface area contributed by atoms with Crippen molar-refractivity contribution in [1.82, 2.24) is 5.32 Å². The average molecular weight is 223 g/mol. The van der Waals surface area contributed by atoms with Crippen molar-refractivity contribution in [2.45, 2.75) is 63.5 Å². The van der Waals surface area contributed by atoms with Gasteiger partial charge >= 0.3 is 0 Å². The lowest BCUT2D eigenvalue weighted by Gasteiger charge is -2.48. The summed E-state index contributed by atoms with van der Waals surface area (Å²) in [7, 11) is 0. The molecule has 2 heteroatoms. The number of rotatable bonds is 2. The Hall–Kier alpha value is -0.0800. The predicted octanol–water partition coefficient (Wildman–Crippen LogP) is 2.72. The molecule has 3 aliphatic rings.